The molecule has 0 aliphatic carbocycles. The molecule has 8 nitrogen and oxygen atoms in total. The molecule has 0 spiro atoms. The SMILES string of the molecule is CC(C)(C)c1nnc(N2CC(CN=[N+]=[N-])CC2=O)o1. The zero-order chi connectivity index (χ0) is 14.0. The Labute approximate surface area is 110 Å². The van der Waals surface area contributed by atoms with Gasteiger partial charge in [0.1, 0.15) is 0 Å². The number of hydrogen-bond donors (Lipinski definition) is 0. The molecular weight excluding hydrogens is 248 g/mol. The third-order valence-electron chi connectivity index (χ3n) is 2.90. The van der Waals surface area contributed by atoms with E-state index < -0.39 is 0 Å². The zero-order valence-corrected chi connectivity index (χ0v) is 11.2. The van der Waals surface area contributed by atoms with Crippen LogP contribution >= 0.6 is 0 Å². The molecule has 1 atom stereocenters. The number of amides is 1. The van der Waals surface area contributed by atoms with Gasteiger partial charge in [-0.15, -0.1) is 5.10 Å². The standard InChI is InChI=1S/C11H16N6O2/c1-11(2,3)9-14-15-10(19-9)17-6-7(4-8(17)18)5-13-16-12/h7H,4-6H2,1-3H3. The van der Waals surface area contributed by atoms with Crippen molar-refractivity contribution in [2.45, 2.75) is 32.6 Å². The molecule has 1 amide bonds. The first-order valence-electron chi connectivity index (χ1n) is 6.07. The summed E-state index contributed by atoms with van der Waals surface area (Å²) in [5.74, 6) is 0.421. The van der Waals surface area contributed by atoms with Gasteiger partial charge in [0, 0.05) is 29.8 Å². The van der Waals surface area contributed by atoms with Crippen LogP contribution in [0.5, 0.6) is 0 Å². The highest BCUT2D eigenvalue weighted by molar-refractivity contribution is 5.93. The lowest BCUT2D eigenvalue weighted by molar-refractivity contribution is -0.117. The lowest BCUT2D eigenvalue weighted by atomic mass is 9.97. The highest BCUT2D eigenvalue weighted by Gasteiger charge is 2.34. The topological polar surface area (TPSA) is 108 Å². The summed E-state index contributed by atoms with van der Waals surface area (Å²) in [6.07, 6.45) is 0.340. The van der Waals surface area contributed by atoms with Gasteiger partial charge >= 0.3 is 6.01 Å². The van der Waals surface area contributed by atoms with Gasteiger partial charge in [-0.2, -0.15) is 0 Å². The van der Waals surface area contributed by atoms with E-state index in [4.69, 9.17) is 9.95 Å². The van der Waals surface area contributed by atoms with Crippen molar-refractivity contribution < 1.29 is 9.21 Å². The summed E-state index contributed by atoms with van der Waals surface area (Å²) in [6.45, 7) is 6.63. The third-order valence-corrected chi connectivity index (χ3v) is 2.90. The molecule has 0 radical (unpaired) electrons. The van der Waals surface area contributed by atoms with E-state index in [9.17, 15) is 4.79 Å². The fourth-order valence-electron chi connectivity index (χ4n) is 1.87. The van der Waals surface area contributed by atoms with Crippen LogP contribution in [0.15, 0.2) is 9.53 Å². The summed E-state index contributed by atoms with van der Waals surface area (Å²) in [5, 5.41) is 11.4. The van der Waals surface area contributed by atoms with Crippen molar-refractivity contribution in [2.24, 2.45) is 11.0 Å². The molecule has 1 aromatic rings. The molecule has 1 unspecified atom stereocenters. The molecular formula is C11H16N6O2. The van der Waals surface area contributed by atoms with Crippen LogP contribution < -0.4 is 4.90 Å². The summed E-state index contributed by atoms with van der Waals surface area (Å²) in [6, 6.07) is 0.221. The zero-order valence-electron chi connectivity index (χ0n) is 11.2. The molecule has 0 bridgehead atoms. The minimum absolute atomic E-state index is 0.00777. The fraction of sp³-hybridized carbons (Fsp3) is 0.727. The van der Waals surface area contributed by atoms with Crippen molar-refractivity contribution >= 4 is 11.9 Å². The van der Waals surface area contributed by atoms with Crippen LogP contribution in [-0.4, -0.2) is 29.2 Å². The maximum atomic E-state index is 11.9. The van der Waals surface area contributed by atoms with Crippen LogP contribution in [0.4, 0.5) is 6.01 Å². The average Bonchev–Trinajstić information content (AvgIpc) is 2.91. The molecule has 1 aromatic heterocycles. The van der Waals surface area contributed by atoms with Crippen molar-refractivity contribution in [3.63, 3.8) is 0 Å². The fourth-order valence-corrected chi connectivity index (χ4v) is 1.87. The molecule has 2 rings (SSSR count). The van der Waals surface area contributed by atoms with Gasteiger partial charge in [0.05, 0.1) is 0 Å². The summed E-state index contributed by atoms with van der Waals surface area (Å²) in [5.41, 5.74) is 8.04. The number of carbonyl (C=O) groups excluding carboxylic acids is 1. The summed E-state index contributed by atoms with van der Waals surface area (Å²) >= 11 is 0. The number of rotatable bonds is 3. The van der Waals surface area contributed by atoms with E-state index in [-0.39, 0.29) is 23.3 Å². The Morgan fingerprint density at radius 1 is 1.53 bits per heavy atom. The van der Waals surface area contributed by atoms with Crippen molar-refractivity contribution in [3.05, 3.63) is 16.3 Å². The van der Waals surface area contributed by atoms with Gasteiger partial charge in [-0.3, -0.25) is 9.69 Å². The molecule has 0 aromatic carbocycles. The van der Waals surface area contributed by atoms with Crippen LogP contribution in [-0.2, 0) is 10.2 Å². The van der Waals surface area contributed by atoms with Crippen molar-refractivity contribution in [2.75, 3.05) is 18.0 Å². The summed E-state index contributed by atoms with van der Waals surface area (Å²) in [7, 11) is 0. The largest absolute Gasteiger partial charge is 0.407 e. The number of carbonyl (C=O) groups is 1. The highest BCUT2D eigenvalue weighted by Crippen LogP contribution is 2.28. The number of hydrogen-bond acceptors (Lipinski definition) is 5. The second-order valence-corrected chi connectivity index (χ2v) is 5.63. The van der Waals surface area contributed by atoms with E-state index in [1.54, 1.807) is 0 Å². The first-order valence-corrected chi connectivity index (χ1v) is 6.07. The van der Waals surface area contributed by atoms with Gasteiger partial charge in [0.15, 0.2) is 0 Å². The maximum absolute atomic E-state index is 11.9. The highest BCUT2D eigenvalue weighted by atomic mass is 16.4. The number of anilines is 1. The summed E-state index contributed by atoms with van der Waals surface area (Å²) < 4.78 is 5.53. The summed E-state index contributed by atoms with van der Waals surface area (Å²) in [4.78, 5) is 16.0. The smallest absolute Gasteiger partial charge is 0.325 e. The predicted molar refractivity (Wildman–Crippen MR) is 67.5 cm³/mol. The van der Waals surface area contributed by atoms with E-state index >= 15 is 0 Å². The van der Waals surface area contributed by atoms with Crippen molar-refractivity contribution in [1.29, 1.82) is 0 Å². The van der Waals surface area contributed by atoms with E-state index in [1.165, 1.54) is 4.90 Å². The van der Waals surface area contributed by atoms with Crippen LogP contribution in [0.3, 0.4) is 0 Å². The normalized spacial score (nSPS) is 19.6. The average molecular weight is 264 g/mol. The molecule has 2 heterocycles. The first-order chi connectivity index (χ1) is 8.91. The van der Waals surface area contributed by atoms with Crippen LogP contribution in [0.1, 0.15) is 33.1 Å². The Hall–Kier alpha value is -2.08. The second kappa shape index (κ2) is 4.89. The molecule has 1 saturated heterocycles. The third kappa shape index (κ3) is 2.85. The molecule has 102 valence electrons. The van der Waals surface area contributed by atoms with Crippen LogP contribution in [0.25, 0.3) is 10.4 Å². The van der Waals surface area contributed by atoms with Crippen LogP contribution in [0, 0.1) is 5.92 Å². The van der Waals surface area contributed by atoms with Crippen molar-refractivity contribution in [3.8, 4) is 0 Å². The number of aromatic nitrogens is 2. The molecule has 1 aliphatic rings. The monoisotopic (exact) mass is 264 g/mol. The minimum Gasteiger partial charge on any atom is -0.407 e. The van der Waals surface area contributed by atoms with Crippen LogP contribution in [0.2, 0.25) is 0 Å². The van der Waals surface area contributed by atoms with Gasteiger partial charge in [0.2, 0.25) is 11.8 Å². The second-order valence-electron chi connectivity index (χ2n) is 5.63. The Kier molecular flexibility index (Phi) is 3.44. The number of nitrogens with zero attached hydrogens (tertiary/aromatic N) is 6. The Morgan fingerprint density at radius 2 is 2.26 bits per heavy atom. The quantitative estimate of drug-likeness (QED) is 0.472. The lowest BCUT2D eigenvalue weighted by Gasteiger charge is -2.13. The van der Waals surface area contributed by atoms with E-state index in [2.05, 4.69) is 20.2 Å². The van der Waals surface area contributed by atoms with Gasteiger partial charge < -0.3 is 4.42 Å². The molecule has 0 N–H and O–H groups in total. The number of azide groups is 1. The Morgan fingerprint density at radius 3 is 2.84 bits per heavy atom. The molecule has 1 aliphatic heterocycles. The Bertz CT molecular complexity index is 526. The molecule has 19 heavy (non-hydrogen) atoms. The molecule has 0 saturated carbocycles. The predicted octanol–water partition coefficient (Wildman–Crippen LogP) is 2.03. The van der Waals surface area contributed by atoms with E-state index in [0.717, 1.165) is 0 Å². The van der Waals surface area contributed by atoms with Gasteiger partial charge in [0.25, 0.3) is 0 Å². The maximum Gasteiger partial charge on any atom is 0.325 e. The first kappa shape index (κ1) is 13.4. The van der Waals surface area contributed by atoms with Gasteiger partial charge in [-0.1, -0.05) is 31.0 Å². The minimum atomic E-state index is -0.251. The Balaban J connectivity index is 2.12. The molecule has 8 heteroatoms. The van der Waals surface area contributed by atoms with Gasteiger partial charge in [-0.05, 0) is 11.4 Å². The molecule has 1 fully saturated rings. The lowest BCUT2D eigenvalue weighted by Crippen LogP contribution is -2.25. The van der Waals surface area contributed by atoms with Gasteiger partial charge in [-0.25, -0.2) is 0 Å². The van der Waals surface area contributed by atoms with E-state index in [1.807, 2.05) is 20.8 Å². The van der Waals surface area contributed by atoms with Crippen molar-refractivity contribution in [1.82, 2.24) is 10.2 Å². The van der Waals surface area contributed by atoms with E-state index in [0.29, 0.717) is 25.4 Å².